The minimum absolute atomic E-state index is 0.133. The second-order valence-corrected chi connectivity index (χ2v) is 8.53. The van der Waals surface area contributed by atoms with Crippen molar-refractivity contribution in [2.45, 2.75) is 40.2 Å². The molecule has 0 amide bonds. The van der Waals surface area contributed by atoms with Gasteiger partial charge in [0.25, 0.3) is 5.56 Å². The van der Waals surface area contributed by atoms with Gasteiger partial charge in [-0.3, -0.25) is 9.36 Å². The molecule has 2 aromatic carbocycles. The van der Waals surface area contributed by atoms with E-state index in [0.29, 0.717) is 28.7 Å². The van der Waals surface area contributed by atoms with E-state index in [1.54, 1.807) is 10.9 Å². The average molecular weight is 441 g/mol. The lowest BCUT2D eigenvalue weighted by Crippen LogP contribution is -2.21. The van der Waals surface area contributed by atoms with E-state index in [-0.39, 0.29) is 12.1 Å². The Morgan fingerprint density at radius 2 is 1.82 bits per heavy atom. The van der Waals surface area contributed by atoms with Gasteiger partial charge in [-0.2, -0.15) is 10.1 Å². The monoisotopic (exact) mass is 440 g/mol. The quantitative estimate of drug-likeness (QED) is 0.402. The molecule has 0 radical (unpaired) electrons. The third-order valence-electron chi connectivity index (χ3n) is 5.90. The third kappa shape index (κ3) is 3.84. The van der Waals surface area contributed by atoms with Crippen molar-refractivity contribution in [1.29, 1.82) is 0 Å². The van der Waals surface area contributed by atoms with Crippen LogP contribution in [-0.2, 0) is 6.54 Å². The molecule has 3 heterocycles. The van der Waals surface area contributed by atoms with Crippen LogP contribution in [0.15, 0.2) is 64.3 Å². The molecule has 0 bridgehead atoms. The summed E-state index contributed by atoms with van der Waals surface area (Å²) in [6, 6.07) is 14.1. The Balaban J connectivity index is 1.43. The lowest BCUT2D eigenvalue weighted by molar-refractivity contribution is 0.369. The van der Waals surface area contributed by atoms with E-state index < -0.39 is 0 Å². The first-order valence-corrected chi connectivity index (χ1v) is 10.8. The van der Waals surface area contributed by atoms with E-state index in [9.17, 15) is 4.79 Å². The Morgan fingerprint density at radius 3 is 2.55 bits per heavy atom. The van der Waals surface area contributed by atoms with Crippen LogP contribution in [0.1, 0.15) is 42.3 Å². The highest BCUT2D eigenvalue weighted by Gasteiger charge is 2.15. The number of hydrogen-bond donors (Lipinski definition) is 0. The Morgan fingerprint density at radius 1 is 1.03 bits per heavy atom. The molecule has 0 atom stereocenters. The number of aryl methyl sites for hydroxylation is 2. The smallest absolute Gasteiger partial charge is 0.264 e. The van der Waals surface area contributed by atoms with Crippen LogP contribution in [0.25, 0.3) is 28.1 Å². The summed E-state index contributed by atoms with van der Waals surface area (Å²) in [5, 5.41) is 8.90. The van der Waals surface area contributed by atoms with Gasteiger partial charge >= 0.3 is 0 Å². The van der Waals surface area contributed by atoms with Gasteiger partial charge in [-0.05, 0) is 54.7 Å². The molecule has 33 heavy (non-hydrogen) atoms. The first-order valence-electron chi connectivity index (χ1n) is 10.8. The second-order valence-electron chi connectivity index (χ2n) is 8.53. The fourth-order valence-corrected chi connectivity index (χ4v) is 3.71. The summed E-state index contributed by atoms with van der Waals surface area (Å²) in [7, 11) is 0. The largest absolute Gasteiger partial charge is 0.337 e. The van der Waals surface area contributed by atoms with Crippen LogP contribution in [0.4, 0.5) is 0 Å². The molecule has 5 aromatic rings. The van der Waals surface area contributed by atoms with Crippen molar-refractivity contribution in [3.05, 3.63) is 87.9 Å². The molecule has 0 spiro atoms. The van der Waals surface area contributed by atoms with Gasteiger partial charge in [0.05, 0.1) is 11.9 Å². The number of rotatable bonds is 5. The van der Waals surface area contributed by atoms with Gasteiger partial charge in [0.2, 0.25) is 11.7 Å². The molecule has 8 heteroatoms. The summed E-state index contributed by atoms with van der Waals surface area (Å²) < 4.78 is 8.52. The molecule has 3 aromatic heterocycles. The van der Waals surface area contributed by atoms with E-state index in [1.165, 1.54) is 22.0 Å². The van der Waals surface area contributed by atoms with Crippen molar-refractivity contribution in [2.24, 2.45) is 0 Å². The maximum Gasteiger partial charge on any atom is 0.264 e. The fourth-order valence-electron chi connectivity index (χ4n) is 3.71. The van der Waals surface area contributed by atoms with Gasteiger partial charge in [-0.1, -0.05) is 43.3 Å². The van der Waals surface area contributed by atoms with Crippen molar-refractivity contribution in [1.82, 2.24) is 29.5 Å². The minimum atomic E-state index is -0.212. The molecule has 0 saturated carbocycles. The van der Waals surface area contributed by atoms with Gasteiger partial charge in [0, 0.05) is 5.56 Å². The molecule has 0 aliphatic rings. The minimum Gasteiger partial charge on any atom is -0.337 e. The molecule has 0 aliphatic carbocycles. The van der Waals surface area contributed by atoms with Crippen LogP contribution < -0.4 is 5.56 Å². The number of nitrogens with zero attached hydrogens (tertiary/aromatic N) is 6. The second kappa shape index (κ2) is 8.12. The molecule has 0 fully saturated rings. The highest BCUT2D eigenvalue weighted by atomic mass is 16.5. The topological polar surface area (TPSA) is 91.6 Å². The molecule has 166 valence electrons. The highest BCUT2D eigenvalue weighted by Crippen LogP contribution is 2.21. The van der Waals surface area contributed by atoms with Crippen molar-refractivity contribution >= 4 is 11.0 Å². The lowest BCUT2D eigenvalue weighted by atomic mass is 10.0. The lowest BCUT2D eigenvalue weighted by Gasteiger charge is -2.08. The van der Waals surface area contributed by atoms with E-state index in [1.807, 2.05) is 37.3 Å². The molecule has 0 N–H and O–H groups in total. The number of benzene rings is 2. The van der Waals surface area contributed by atoms with Crippen LogP contribution in [-0.4, -0.2) is 29.5 Å². The van der Waals surface area contributed by atoms with Crippen LogP contribution >= 0.6 is 0 Å². The zero-order chi connectivity index (χ0) is 23.1. The summed E-state index contributed by atoms with van der Waals surface area (Å²) in [6.07, 6.45) is 3.04. The van der Waals surface area contributed by atoms with Crippen LogP contribution in [0, 0.1) is 13.8 Å². The van der Waals surface area contributed by atoms with Crippen molar-refractivity contribution in [2.75, 3.05) is 0 Å². The molecule has 5 rings (SSSR count). The Labute approximate surface area is 190 Å². The summed E-state index contributed by atoms with van der Waals surface area (Å²) >= 11 is 0. The summed E-state index contributed by atoms with van der Waals surface area (Å²) in [4.78, 5) is 22.0. The first kappa shape index (κ1) is 20.8. The summed E-state index contributed by atoms with van der Waals surface area (Å²) in [5.74, 6) is 1.27. The van der Waals surface area contributed by atoms with Crippen molar-refractivity contribution in [3.8, 4) is 17.1 Å². The normalized spacial score (nSPS) is 11.5. The third-order valence-corrected chi connectivity index (χ3v) is 5.90. The number of fused-ring (bicyclic) bond motifs is 1. The summed E-state index contributed by atoms with van der Waals surface area (Å²) in [6.45, 7) is 8.53. The van der Waals surface area contributed by atoms with E-state index in [0.717, 1.165) is 16.8 Å². The molecular formula is C25H24N6O2. The van der Waals surface area contributed by atoms with E-state index >= 15 is 0 Å². The van der Waals surface area contributed by atoms with Gasteiger partial charge in [0.15, 0.2) is 5.65 Å². The molecule has 0 aliphatic heterocycles. The summed E-state index contributed by atoms with van der Waals surface area (Å²) in [5.41, 5.74) is 5.62. The van der Waals surface area contributed by atoms with Gasteiger partial charge in [-0.25, -0.2) is 9.67 Å². The first-order chi connectivity index (χ1) is 15.9. The Bertz CT molecular complexity index is 1510. The maximum absolute atomic E-state index is 13.1. The van der Waals surface area contributed by atoms with E-state index in [2.05, 4.69) is 53.1 Å². The predicted octanol–water partition coefficient (Wildman–Crippen LogP) is 4.42. The maximum atomic E-state index is 13.1. The standard InChI is InChI=1S/C25H24N6O2/c1-15(2)18-7-9-20(10-8-18)31-24-21(12-27-31)25(32)30(14-26-24)13-22-28-23(29-33-22)19-6-5-16(3)17(4)11-19/h5-12,14-15H,13H2,1-4H3. The molecule has 8 nitrogen and oxygen atoms in total. The van der Waals surface area contributed by atoms with Gasteiger partial charge in [0.1, 0.15) is 18.3 Å². The van der Waals surface area contributed by atoms with Crippen LogP contribution in [0.5, 0.6) is 0 Å². The molecule has 0 saturated heterocycles. The number of hydrogen-bond acceptors (Lipinski definition) is 6. The van der Waals surface area contributed by atoms with E-state index in [4.69, 9.17) is 4.52 Å². The SMILES string of the molecule is Cc1ccc(-c2noc(Cn3cnc4c(cnn4-c4ccc(C(C)C)cc4)c3=O)n2)cc1C. The van der Waals surface area contributed by atoms with Gasteiger partial charge in [-0.15, -0.1) is 0 Å². The van der Waals surface area contributed by atoms with Crippen molar-refractivity contribution in [3.63, 3.8) is 0 Å². The fraction of sp³-hybridized carbons (Fsp3) is 0.240. The van der Waals surface area contributed by atoms with Gasteiger partial charge < -0.3 is 4.52 Å². The zero-order valence-electron chi connectivity index (χ0n) is 19.0. The van der Waals surface area contributed by atoms with Crippen molar-refractivity contribution < 1.29 is 4.52 Å². The number of aromatic nitrogens is 6. The average Bonchev–Trinajstić information content (AvgIpc) is 3.45. The zero-order valence-corrected chi connectivity index (χ0v) is 19.0. The Hall–Kier alpha value is -4.07. The molecule has 0 unspecified atom stereocenters. The molecular weight excluding hydrogens is 416 g/mol. The van der Waals surface area contributed by atoms with Crippen LogP contribution in [0.2, 0.25) is 0 Å². The predicted molar refractivity (Wildman–Crippen MR) is 126 cm³/mol. The Kier molecular flexibility index (Phi) is 5.12. The highest BCUT2D eigenvalue weighted by molar-refractivity contribution is 5.75. The van der Waals surface area contributed by atoms with Crippen LogP contribution in [0.3, 0.4) is 0 Å².